The monoisotopic (exact) mass is 438 g/mol. The van der Waals surface area contributed by atoms with Gasteiger partial charge in [-0.05, 0) is 48.4 Å². The van der Waals surface area contributed by atoms with Gasteiger partial charge in [-0.1, -0.05) is 19.1 Å². The molecular weight excluding hydrogens is 416 g/mol. The van der Waals surface area contributed by atoms with E-state index in [1.807, 2.05) is 12.1 Å². The molecule has 0 spiro atoms. The van der Waals surface area contributed by atoms with Crippen molar-refractivity contribution in [2.24, 2.45) is 5.92 Å². The van der Waals surface area contributed by atoms with Crippen molar-refractivity contribution in [2.45, 2.75) is 18.2 Å². The molecule has 1 fully saturated rings. The molecule has 1 atom stereocenters. The molecule has 3 rings (SSSR count). The number of carbonyl (C=O) groups excluding carboxylic acids is 1. The topological polar surface area (TPSA) is 110 Å². The Morgan fingerprint density at radius 2 is 1.72 bits per heavy atom. The van der Waals surface area contributed by atoms with Gasteiger partial charge in [0.2, 0.25) is 26.0 Å². The first-order chi connectivity index (χ1) is 13.6. The molecule has 0 bridgehead atoms. The SMILES string of the molecule is COc1ccc(CCNS(=O)(=O)c2ccc(N3C(=O)[C@H](C)CS3(=O)=O)cc2)cc1. The van der Waals surface area contributed by atoms with Gasteiger partial charge in [0.05, 0.1) is 29.4 Å². The lowest BCUT2D eigenvalue weighted by molar-refractivity contribution is -0.119. The van der Waals surface area contributed by atoms with Crippen LogP contribution in [0, 0.1) is 5.92 Å². The molecule has 0 unspecified atom stereocenters. The second kappa shape index (κ2) is 8.13. The second-order valence-corrected chi connectivity index (χ2v) is 10.4. The van der Waals surface area contributed by atoms with E-state index in [9.17, 15) is 21.6 Å². The quantitative estimate of drug-likeness (QED) is 0.702. The van der Waals surface area contributed by atoms with Gasteiger partial charge >= 0.3 is 0 Å². The first kappa shape index (κ1) is 21.3. The van der Waals surface area contributed by atoms with Gasteiger partial charge in [-0.25, -0.2) is 25.9 Å². The number of anilines is 1. The van der Waals surface area contributed by atoms with E-state index in [0.717, 1.165) is 15.6 Å². The summed E-state index contributed by atoms with van der Waals surface area (Å²) < 4.78 is 57.6. The number of hydrogen-bond acceptors (Lipinski definition) is 6. The van der Waals surface area contributed by atoms with Crippen molar-refractivity contribution < 1.29 is 26.4 Å². The zero-order chi connectivity index (χ0) is 21.2. The van der Waals surface area contributed by atoms with Crippen molar-refractivity contribution in [1.29, 1.82) is 0 Å². The minimum atomic E-state index is -3.76. The van der Waals surface area contributed by atoms with E-state index in [4.69, 9.17) is 4.74 Å². The van der Waals surface area contributed by atoms with Gasteiger partial charge in [-0.3, -0.25) is 4.79 Å². The highest BCUT2D eigenvalue weighted by molar-refractivity contribution is 7.94. The van der Waals surface area contributed by atoms with Gasteiger partial charge in [-0.2, -0.15) is 0 Å². The average molecular weight is 439 g/mol. The number of carbonyl (C=O) groups is 1. The fourth-order valence-corrected chi connectivity index (χ4v) is 5.91. The number of hydrogen-bond donors (Lipinski definition) is 1. The number of rotatable bonds is 7. The van der Waals surface area contributed by atoms with Crippen molar-refractivity contribution in [2.75, 3.05) is 23.7 Å². The minimum absolute atomic E-state index is 0.00641. The molecule has 1 saturated heterocycles. The summed E-state index contributed by atoms with van der Waals surface area (Å²) in [5.74, 6) is -0.665. The molecule has 1 N–H and O–H groups in total. The van der Waals surface area contributed by atoms with Crippen molar-refractivity contribution in [3.8, 4) is 5.75 Å². The largest absolute Gasteiger partial charge is 0.497 e. The van der Waals surface area contributed by atoms with Crippen LogP contribution in [-0.2, 0) is 31.3 Å². The van der Waals surface area contributed by atoms with Crippen LogP contribution in [0.1, 0.15) is 12.5 Å². The summed E-state index contributed by atoms with van der Waals surface area (Å²) in [6, 6.07) is 12.5. The summed E-state index contributed by atoms with van der Waals surface area (Å²) in [7, 11) is -5.92. The standard InChI is InChI=1S/C19H22N2O6S2/c1-14-13-28(23,24)21(19(14)22)16-5-9-18(10-6-16)29(25,26)20-12-11-15-3-7-17(27-2)8-4-15/h3-10,14,20H,11-13H2,1-2H3/t14-/m1/s1. The fraction of sp³-hybridized carbons (Fsp3) is 0.316. The highest BCUT2D eigenvalue weighted by Crippen LogP contribution is 2.28. The molecule has 0 aliphatic carbocycles. The fourth-order valence-electron chi connectivity index (χ4n) is 3.05. The molecule has 10 heteroatoms. The van der Waals surface area contributed by atoms with Crippen LogP contribution < -0.4 is 13.8 Å². The van der Waals surface area contributed by atoms with Crippen molar-refractivity contribution in [3.63, 3.8) is 0 Å². The molecule has 156 valence electrons. The van der Waals surface area contributed by atoms with Crippen LogP contribution in [-0.4, -0.2) is 42.2 Å². The maximum atomic E-state index is 12.5. The third-order valence-electron chi connectivity index (χ3n) is 4.61. The highest BCUT2D eigenvalue weighted by atomic mass is 32.2. The van der Waals surface area contributed by atoms with Crippen LogP contribution in [0.3, 0.4) is 0 Å². The van der Waals surface area contributed by atoms with Crippen LogP contribution in [0.5, 0.6) is 5.75 Å². The van der Waals surface area contributed by atoms with E-state index in [2.05, 4.69) is 4.72 Å². The summed E-state index contributed by atoms with van der Waals surface area (Å²) in [6.45, 7) is 1.75. The van der Waals surface area contributed by atoms with E-state index in [1.54, 1.807) is 26.2 Å². The maximum Gasteiger partial charge on any atom is 0.244 e. The first-order valence-electron chi connectivity index (χ1n) is 8.93. The van der Waals surface area contributed by atoms with Gasteiger partial charge in [0, 0.05) is 6.54 Å². The zero-order valence-corrected chi connectivity index (χ0v) is 17.7. The Kier molecular flexibility index (Phi) is 5.97. The Morgan fingerprint density at radius 3 is 2.24 bits per heavy atom. The minimum Gasteiger partial charge on any atom is -0.497 e. The smallest absolute Gasteiger partial charge is 0.244 e. The zero-order valence-electron chi connectivity index (χ0n) is 16.0. The van der Waals surface area contributed by atoms with Gasteiger partial charge in [0.15, 0.2) is 0 Å². The van der Waals surface area contributed by atoms with E-state index in [-0.39, 0.29) is 22.9 Å². The Balaban J connectivity index is 1.67. The molecule has 0 radical (unpaired) electrons. The average Bonchev–Trinajstić information content (AvgIpc) is 2.89. The van der Waals surface area contributed by atoms with Gasteiger partial charge in [0.1, 0.15) is 5.75 Å². The lowest BCUT2D eigenvalue weighted by Gasteiger charge is -2.15. The van der Waals surface area contributed by atoms with Crippen LogP contribution >= 0.6 is 0 Å². The number of nitrogens with one attached hydrogen (secondary N) is 1. The molecule has 2 aromatic carbocycles. The molecule has 8 nitrogen and oxygen atoms in total. The molecular formula is C19H22N2O6S2. The Bertz CT molecular complexity index is 1090. The van der Waals surface area contributed by atoms with E-state index in [1.165, 1.54) is 24.3 Å². The number of ether oxygens (including phenoxy) is 1. The number of amides is 1. The van der Waals surface area contributed by atoms with Gasteiger partial charge < -0.3 is 4.74 Å². The lowest BCUT2D eigenvalue weighted by atomic mass is 10.1. The summed E-state index contributed by atoms with van der Waals surface area (Å²) in [4.78, 5) is 12.1. The Labute approximate surface area is 170 Å². The van der Waals surface area contributed by atoms with Crippen LogP contribution in [0.2, 0.25) is 0 Å². The number of methoxy groups -OCH3 is 1. The number of nitrogens with zero attached hydrogens (tertiary/aromatic N) is 1. The van der Waals surface area contributed by atoms with Crippen molar-refractivity contribution >= 4 is 31.6 Å². The van der Waals surface area contributed by atoms with Crippen LogP contribution in [0.4, 0.5) is 5.69 Å². The second-order valence-electron chi connectivity index (χ2n) is 6.77. The van der Waals surface area contributed by atoms with E-state index >= 15 is 0 Å². The van der Waals surface area contributed by atoms with Gasteiger partial charge in [0.25, 0.3) is 0 Å². The molecule has 1 aliphatic rings. The van der Waals surface area contributed by atoms with Crippen molar-refractivity contribution in [3.05, 3.63) is 54.1 Å². The predicted octanol–water partition coefficient (Wildman–Crippen LogP) is 1.53. The number of sulfonamides is 2. The van der Waals surface area contributed by atoms with Crippen molar-refractivity contribution in [1.82, 2.24) is 4.72 Å². The molecule has 2 aromatic rings. The lowest BCUT2D eigenvalue weighted by Crippen LogP contribution is -2.30. The summed E-state index contributed by atoms with van der Waals surface area (Å²) in [6.07, 6.45) is 0.500. The van der Waals surface area contributed by atoms with Gasteiger partial charge in [-0.15, -0.1) is 0 Å². The first-order valence-corrected chi connectivity index (χ1v) is 12.0. The molecule has 0 saturated carbocycles. The van der Waals surface area contributed by atoms with E-state index < -0.39 is 31.9 Å². The molecule has 0 aromatic heterocycles. The summed E-state index contributed by atoms with van der Waals surface area (Å²) in [5.41, 5.74) is 1.09. The molecule has 29 heavy (non-hydrogen) atoms. The Hall–Kier alpha value is -2.43. The Morgan fingerprint density at radius 1 is 1.10 bits per heavy atom. The molecule has 1 aliphatic heterocycles. The predicted molar refractivity (Wildman–Crippen MR) is 109 cm³/mol. The highest BCUT2D eigenvalue weighted by Gasteiger charge is 2.41. The third kappa shape index (κ3) is 4.60. The number of benzene rings is 2. The third-order valence-corrected chi connectivity index (χ3v) is 7.95. The van der Waals surface area contributed by atoms with E-state index in [0.29, 0.717) is 6.42 Å². The molecule has 1 heterocycles. The summed E-state index contributed by atoms with van der Waals surface area (Å²) in [5, 5.41) is 0. The molecule has 1 amide bonds. The maximum absolute atomic E-state index is 12.5. The normalized spacial score (nSPS) is 18.8. The summed E-state index contributed by atoms with van der Waals surface area (Å²) >= 11 is 0. The van der Waals surface area contributed by atoms with Crippen LogP contribution in [0.15, 0.2) is 53.4 Å². The van der Waals surface area contributed by atoms with Crippen LogP contribution in [0.25, 0.3) is 0 Å².